The van der Waals surface area contributed by atoms with Crippen LogP contribution >= 0.6 is 11.8 Å². The summed E-state index contributed by atoms with van der Waals surface area (Å²) in [5.41, 5.74) is 3.31. The fraction of sp³-hybridized carbons (Fsp3) is 0.400. The molecule has 4 rings (SSSR count). The lowest BCUT2D eigenvalue weighted by Crippen LogP contribution is -2.41. The third-order valence-electron chi connectivity index (χ3n) is 5.34. The Labute approximate surface area is 157 Å². The average molecular weight is 369 g/mol. The number of hydrogen-bond acceptors (Lipinski definition) is 4. The highest BCUT2D eigenvalue weighted by Crippen LogP contribution is 2.38. The molecular formula is C20H23N3O2S. The van der Waals surface area contributed by atoms with E-state index in [4.69, 9.17) is 0 Å². The minimum absolute atomic E-state index is 0.0359. The molecule has 2 N–H and O–H groups in total. The van der Waals surface area contributed by atoms with E-state index in [0.717, 1.165) is 47.7 Å². The van der Waals surface area contributed by atoms with Gasteiger partial charge < -0.3 is 10.0 Å². The summed E-state index contributed by atoms with van der Waals surface area (Å²) in [6, 6.07) is 8.10. The number of nitrogens with zero attached hydrogens (tertiary/aromatic N) is 2. The number of piperidine rings is 1. The van der Waals surface area contributed by atoms with Crippen LogP contribution in [0.15, 0.2) is 42.7 Å². The molecule has 2 aromatic rings. The molecule has 1 fully saturated rings. The number of benzene rings is 1. The van der Waals surface area contributed by atoms with Crippen molar-refractivity contribution in [3.63, 3.8) is 0 Å². The maximum absolute atomic E-state index is 12.9. The van der Waals surface area contributed by atoms with E-state index in [1.165, 1.54) is 5.56 Å². The van der Waals surface area contributed by atoms with Crippen molar-refractivity contribution in [2.45, 2.75) is 25.4 Å². The predicted octanol–water partition coefficient (Wildman–Crippen LogP) is 3.01. The first-order valence-corrected chi connectivity index (χ1v) is 10.1. The summed E-state index contributed by atoms with van der Waals surface area (Å²) in [5, 5.41) is 16.4. The van der Waals surface area contributed by atoms with Crippen molar-refractivity contribution < 1.29 is 9.90 Å². The maximum atomic E-state index is 12.9. The molecule has 0 radical (unpaired) electrons. The Morgan fingerprint density at radius 2 is 2.12 bits per heavy atom. The molecule has 0 spiro atoms. The maximum Gasteiger partial charge on any atom is 0.230 e. The van der Waals surface area contributed by atoms with Gasteiger partial charge in [-0.05, 0) is 29.9 Å². The fourth-order valence-corrected chi connectivity index (χ4v) is 5.02. The molecule has 2 aliphatic heterocycles. The van der Waals surface area contributed by atoms with Crippen molar-refractivity contribution in [1.82, 2.24) is 15.1 Å². The molecule has 136 valence electrons. The van der Waals surface area contributed by atoms with Gasteiger partial charge in [0.05, 0.1) is 18.7 Å². The molecular weight excluding hydrogens is 346 g/mol. The Hall–Kier alpha value is -2.05. The summed E-state index contributed by atoms with van der Waals surface area (Å²) in [6.07, 6.45) is 7.68. The highest BCUT2D eigenvalue weighted by atomic mass is 32.2. The third-order valence-corrected chi connectivity index (χ3v) is 6.55. The van der Waals surface area contributed by atoms with Crippen LogP contribution in [-0.4, -0.2) is 45.0 Å². The quantitative estimate of drug-likeness (QED) is 0.869. The topological polar surface area (TPSA) is 69.2 Å². The number of H-pyrrole nitrogens is 1. The largest absolute Gasteiger partial charge is 0.392 e. The smallest absolute Gasteiger partial charge is 0.230 e. The Bertz CT molecular complexity index is 795. The molecule has 3 heterocycles. The highest BCUT2D eigenvalue weighted by molar-refractivity contribution is 8.08. The summed E-state index contributed by atoms with van der Waals surface area (Å²) >= 11 is 1.73. The monoisotopic (exact) mass is 369 g/mol. The zero-order chi connectivity index (χ0) is 17.9. The van der Waals surface area contributed by atoms with Crippen LogP contribution in [0, 0.1) is 5.92 Å². The predicted molar refractivity (Wildman–Crippen MR) is 103 cm³/mol. The van der Waals surface area contributed by atoms with Crippen molar-refractivity contribution in [2.24, 2.45) is 5.92 Å². The van der Waals surface area contributed by atoms with Crippen molar-refractivity contribution in [3.05, 3.63) is 59.4 Å². The van der Waals surface area contributed by atoms with Crippen molar-refractivity contribution in [3.8, 4) is 0 Å². The first-order chi connectivity index (χ1) is 12.8. The molecule has 5 nitrogen and oxygen atoms in total. The number of aliphatic hydroxyl groups is 1. The Balaban J connectivity index is 1.38. The molecule has 26 heavy (non-hydrogen) atoms. The number of thioether (sulfide) groups is 1. The number of aliphatic hydroxyl groups excluding tert-OH is 1. The lowest BCUT2D eigenvalue weighted by atomic mass is 9.86. The van der Waals surface area contributed by atoms with Gasteiger partial charge in [0, 0.05) is 35.5 Å². The molecule has 0 aliphatic carbocycles. The second kappa shape index (κ2) is 7.68. The van der Waals surface area contributed by atoms with E-state index in [-0.39, 0.29) is 18.4 Å². The van der Waals surface area contributed by atoms with E-state index in [1.54, 1.807) is 18.0 Å². The molecule has 1 unspecified atom stereocenters. The second-order valence-corrected chi connectivity index (χ2v) is 7.95. The van der Waals surface area contributed by atoms with Gasteiger partial charge in [-0.3, -0.25) is 9.89 Å². The highest BCUT2D eigenvalue weighted by Gasteiger charge is 2.31. The van der Waals surface area contributed by atoms with Crippen molar-refractivity contribution >= 4 is 22.6 Å². The number of amides is 1. The molecule has 0 saturated carbocycles. The Kier molecular flexibility index (Phi) is 5.13. The number of aromatic amines is 1. The molecule has 1 aromatic carbocycles. The SMILES string of the molecule is O=C(C1C=C(c2cn[nH]c2)SC1)N1CCC(c2ccccc2CO)CC1. The molecule has 1 aromatic heterocycles. The van der Waals surface area contributed by atoms with Crippen LogP contribution in [0.3, 0.4) is 0 Å². The van der Waals surface area contributed by atoms with Crippen LogP contribution in [0.2, 0.25) is 0 Å². The summed E-state index contributed by atoms with van der Waals surface area (Å²) in [4.78, 5) is 16.0. The van der Waals surface area contributed by atoms with Gasteiger partial charge in [-0.2, -0.15) is 5.10 Å². The van der Waals surface area contributed by atoms with Gasteiger partial charge in [-0.1, -0.05) is 30.3 Å². The van der Waals surface area contributed by atoms with Gasteiger partial charge >= 0.3 is 0 Å². The summed E-state index contributed by atoms with van der Waals surface area (Å²) in [5.74, 6) is 1.44. The molecule has 1 amide bonds. The van der Waals surface area contributed by atoms with Crippen molar-refractivity contribution in [2.75, 3.05) is 18.8 Å². The van der Waals surface area contributed by atoms with Crippen LogP contribution < -0.4 is 0 Å². The lowest BCUT2D eigenvalue weighted by Gasteiger charge is -2.34. The average Bonchev–Trinajstić information content (AvgIpc) is 3.39. The van der Waals surface area contributed by atoms with Crippen LogP contribution in [0.4, 0.5) is 0 Å². The van der Waals surface area contributed by atoms with Crippen LogP contribution in [0.5, 0.6) is 0 Å². The standard InChI is InChI=1S/C20H23N3O2S/c24-12-15-3-1-2-4-18(15)14-5-7-23(8-6-14)20(25)16-9-19(26-13-16)17-10-21-22-11-17/h1-4,9-11,14,16,24H,5-8,12-13H2,(H,21,22). The molecule has 6 heteroatoms. The Morgan fingerprint density at radius 1 is 1.31 bits per heavy atom. The van der Waals surface area contributed by atoms with E-state index >= 15 is 0 Å². The first-order valence-electron chi connectivity index (χ1n) is 9.07. The second-order valence-electron chi connectivity index (χ2n) is 6.89. The number of carbonyl (C=O) groups excluding carboxylic acids is 1. The van der Waals surface area contributed by atoms with Crippen molar-refractivity contribution in [1.29, 1.82) is 0 Å². The molecule has 1 atom stereocenters. The van der Waals surface area contributed by atoms with Crippen LogP contribution in [0.25, 0.3) is 4.91 Å². The number of carbonyl (C=O) groups is 1. The van der Waals surface area contributed by atoms with Gasteiger partial charge in [0.2, 0.25) is 5.91 Å². The first kappa shape index (κ1) is 17.4. The van der Waals surface area contributed by atoms with Crippen LogP contribution in [-0.2, 0) is 11.4 Å². The number of likely N-dealkylation sites (tertiary alicyclic amines) is 1. The number of nitrogens with one attached hydrogen (secondary N) is 1. The summed E-state index contributed by atoms with van der Waals surface area (Å²) < 4.78 is 0. The number of rotatable bonds is 4. The van der Waals surface area contributed by atoms with E-state index in [0.29, 0.717) is 5.92 Å². The Morgan fingerprint density at radius 3 is 2.85 bits per heavy atom. The van der Waals surface area contributed by atoms with Gasteiger partial charge in [-0.15, -0.1) is 11.8 Å². The molecule has 0 bridgehead atoms. The van der Waals surface area contributed by atoms with Crippen LogP contribution in [0.1, 0.15) is 35.4 Å². The third kappa shape index (κ3) is 3.44. The lowest BCUT2D eigenvalue weighted by molar-refractivity contribution is -0.134. The van der Waals surface area contributed by atoms with Gasteiger partial charge in [-0.25, -0.2) is 0 Å². The summed E-state index contributed by atoms with van der Waals surface area (Å²) in [6.45, 7) is 1.66. The summed E-state index contributed by atoms with van der Waals surface area (Å²) in [7, 11) is 0. The number of aromatic nitrogens is 2. The van der Waals surface area contributed by atoms with Gasteiger partial charge in [0.1, 0.15) is 0 Å². The van der Waals surface area contributed by atoms with Gasteiger partial charge in [0.15, 0.2) is 0 Å². The fourth-order valence-electron chi connectivity index (χ4n) is 3.89. The van der Waals surface area contributed by atoms with E-state index in [2.05, 4.69) is 22.3 Å². The number of hydrogen-bond donors (Lipinski definition) is 2. The van der Waals surface area contributed by atoms with E-state index < -0.39 is 0 Å². The minimum atomic E-state index is -0.0359. The van der Waals surface area contributed by atoms with E-state index in [1.807, 2.05) is 29.3 Å². The van der Waals surface area contributed by atoms with E-state index in [9.17, 15) is 9.90 Å². The minimum Gasteiger partial charge on any atom is -0.392 e. The molecule has 2 aliphatic rings. The zero-order valence-electron chi connectivity index (χ0n) is 14.6. The zero-order valence-corrected chi connectivity index (χ0v) is 15.4. The normalized spacial score (nSPS) is 21.0. The molecule has 1 saturated heterocycles. The van der Waals surface area contributed by atoms with Gasteiger partial charge in [0.25, 0.3) is 0 Å².